The van der Waals surface area contributed by atoms with Crippen LogP contribution in [0.15, 0.2) is 0 Å². The van der Waals surface area contributed by atoms with Gasteiger partial charge in [-0.1, -0.05) is 0 Å². The van der Waals surface area contributed by atoms with Gasteiger partial charge in [-0.25, -0.2) is 0 Å². The average molecular weight is 215 g/mol. The maximum atomic E-state index is 9.24. The number of rotatable bonds is 1. The van der Waals surface area contributed by atoms with E-state index >= 15 is 0 Å². The summed E-state index contributed by atoms with van der Waals surface area (Å²) in [5.74, 6) is -1.80. The second-order valence-corrected chi connectivity index (χ2v) is 1.12. The summed E-state index contributed by atoms with van der Waals surface area (Å²) in [6.07, 6.45) is 0. The zero-order valence-electron chi connectivity index (χ0n) is 7.28. The van der Waals surface area contributed by atoms with Gasteiger partial charge in [-0.15, -0.1) is 0 Å². The lowest BCUT2D eigenvalue weighted by Gasteiger charge is -1.73. The number of aliphatic carboxylic acids is 2. The van der Waals surface area contributed by atoms with Crippen LogP contribution in [0.5, 0.6) is 0 Å². The van der Waals surface area contributed by atoms with Gasteiger partial charge in [-0.2, -0.15) is 0 Å². The van der Waals surface area contributed by atoms with Crippen LogP contribution in [0.1, 0.15) is 6.92 Å². The van der Waals surface area contributed by atoms with Gasteiger partial charge < -0.3 is 33.0 Å². The van der Waals surface area contributed by atoms with Crippen LogP contribution in [-0.2, 0) is 9.59 Å². The third kappa shape index (κ3) is 570. The second-order valence-electron chi connectivity index (χ2n) is 1.12. The van der Waals surface area contributed by atoms with Crippen LogP contribution in [-0.4, -0.2) is 57.0 Å². The zero-order chi connectivity index (χ0) is 7.86. The first-order chi connectivity index (χ1) is 4.00. The lowest BCUT2D eigenvalue weighted by molar-refractivity contribution is -0.136. The molecule has 81 valence electrons. The Labute approximate surface area is 86.1 Å². The summed E-state index contributed by atoms with van der Waals surface area (Å²) < 4.78 is 0. The van der Waals surface area contributed by atoms with E-state index in [0.29, 0.717) is 0 Å². The van der Waals surface area contributed by atoms with Crippen LogP contribution >= 0.6 is 0 Å². The van der Waals surface area contributed by atoms with Crippen LogP contribution < -0.4 is 11.9 Å². The molecule has 0 saturated carbocycles. The largest absolute Gasteiger partial charge is 0.481 e. The van der Waals surface area contributed by atoms with Crippen LogP contribution in [0, 0.1) is 0 Å². The Hall–Kier alpha value is -0.688. The highest BCUT2D eigenvalue weighted by Gasteiger charge is 1.81. The summed E-state index contributed by atoms with van der Waals surface area (Å²) in [5.41, 5.74) is 4.57. The predicted molar refractivity (Wildman–Crippen MR) is 48.0 cm³/mol. The number of hydrogen-bond acceptors (Lipinski definition) is 4. The second kappa shape index (κ2) is 30.2. The molecule has 3 radical (unpaired) electrons. The molecule has 0 aromatic carbocycles. The van der Waals surface area contributed by atoms with Crippen molar-refractivity contribution in [3.8, 4) is 0 Å². The van der Waals surface area contributed by atoms with E-state index in [-0.39, 0.29) is 41.0 Å². The summed E-state index contributed by atoms with van der Waals surface area (Å²) in [6, 6.07) is 0. The van der Waals surface area contributed by atoms with Gasteiger partial charge in [0.15, 0.2) is 0 Å². The number of hydrogen-bond donors (Lipinski definition) is 4. The van der Waals surface area contributed by atoms with Crippen molar-refractivity contribution >= 4 is 29.3 Å². The summed E-state index contributed by atoms with van der Waals surface area (Å²) >= 11 is 0. The molecule has 0 fully saturated rings. The van der Waals surface area contributed by atoms with Crippen LogP contribution in [0.2, 0.25) is 0 Å². The van der Waals surface area contributed by atoms with Gasteiger partial charge in [0.25, 0.3) is 5.97 Å². The Bertz CT molecular complexity index is 107. The number of nitrogens with two attached hydrogens (primary N) is 1. The maximum Gasteiger partial charge on any atom is 0.317 e. The Balaban J connectivity index is -0.0000000146. The fourth-order valence-electron chi connectivity index (χ4n) is 0. The van der Waals surface area contributed by atoms with E-state index in [0.717, 1.165) is 6.92 Å². The molecule has 0 unspecified atom stereocenters. The SMILES string of the molecule is CC(=O)O.N.NCC(=O)O.O.O.[Al]. The smallest absolute Gasteiger partial charge is 0.317 e. The minimum Gasteiger partial charge on any atom is -0.481 e. The molecule has 0 rings (SSSR count). The molecule has 0 saturated heterocycles. The van der Waals surface area contributed by atoms with E-state index in [4.69, 9.17) is 15.0 Å². The van der Waals surface area contributed by atoms with E-state index in [1.54, 1.807) is 0 Å². The predicted octanol–water partition coefficient (Wildman–Crippen LogP) is -2.75. The summed E-state index contributed by atoms with van der Waals surface area (Å²) in [6.45, 7) is 0.806. The highest BCUT2D eigenvalue weighted by atomic mass is 27.0. The molecular formula is C4H16AlN2O6. The quantitative estimate of drug-likeness (QED) is 0.341. The maximum absolute atomic E-state index is 9.24. The van der Waals surface area contributed by atoms with Crippen molar-refractivity contribution < 1.29 is 30.8 Å². The van der Waals surface area contributed by atoms with Gasteiger partial charge in [0.05, 0.1) is 6.54 Å². The average Bonchev–Trinajstić information content (AvgIpc) is 1.65. The third-order valence-electron chi connectivity index (χ3n) is 0.175. The molecule has 9 heteroatoms. The van der Waals surface area contributed by atoms with Gasteiger partial charge in [0.1, 0.15) is 0 Å². The molecular weight excluding hydrogens is 199 g/mol. The molecule has 0 aromatic rings. The topological polar surface area (TPSA) is 199 Å². The first-order valence-electron chi connectivity index (χ1n) is 2.12. The molecule has 0 amide bonds. The molecule has 11 N–H and O–H groups in total. The lowest BCUT2D eigenvalue weighted by atomic mass is 10.7. The van der Waals surface area contributed by atoms with Crippen molar-refractivity contribution in [2.24, 2.45) is 5.73 Å². The normalized spacial score (nSPS) is 4.77. The highest BCUT2D eigenvalue weighted by molar-refractivity contribution is 5.75. The summed E-state index contributed by atoms with van der Waals surface area (Å²) in [4.78, 5) is 18.2. The van der Waals surface area contributed by atoms with Crippen LogP contribution in [0.4, 0.5) is 0 Å². The van der Waals surface area contributed by atoms with Crippen molar-refractivity contribution in [3.63, 3.8) is 0 Å². The molecule has 0 atom stereocenters. The highest BCUT2D eigenvalue weighted by Crippen LogP contribution is 1.43. The first-order valence-corrected chi connectivity index (χ1v) is 2.12. The molecule has 0 heterocycles. The summed E-state index contributed by atoms with van der Waals surface area (Å²) in [7, 11) is 0. The Kier molecular flexibility index (Phi) is 91.8. The Morgan fingerprint density at radius 1 is 1.23 bits per heavy atom. The molecule has 0 spiro atoms. The van der Waals surface area contributed by atoms with E-state index in [2.05, 4.69) is 5.73 Å². The molecule has 13 heavy (non-hydrogen) atoms. The zero-order valence-corrected chi connectivity index (χ0v) is 8.43. The molecule has 0 aromatic heterocycles. The molecule has 0 aliphatic rings. The Morgan fingerprint density at radius 3 is 1.31 bits per heavy atom. The van der Waals surface area contributed by atoms with E-state index in [1.807, 2.05) is 0 Å². The van der Waals surface area contributed by atoms with Crippen molar-refractivity contribution in [2.75, 3.05) is 6.54 Å². The van der Waals surface area contributed by atoms with Crippen molar-refractivity contribution in [2.45, 2.75) is 6.92 Å². The van der Waals surface area contributed by atoms with E-state index < -0.39 is 11.9 Å². The molecule has 8 nitrogen and oxygen atoms in total. The minimum atomic E-state index is -0.968. The van der Waals surface area contributed by atoms with Crippen molar-refractivity contribution in [1.29, 1.82) is 0 Å². The standard InChI is InChI=1S/C2H5NO2.C2H4O2.Al.H3N.2H2O/c3-1-2(4)5;1-2(3)4;;;;/h1,3H2,(H,4,5);1H3,(H,3,4);;1H3;2*1H2. The number of carboxylic acids is 2. The number of carboxylic acid groups (broad SMARTS) is 2. The van der Waals surface area contributed by atoms with E-state index in [9.17, 15) is 4.79 Å². The molecule has 0 aliphatic carbocycles. The van der Waals surface area contributed by atoms with Gasteiger partial charge in [-0.05, 0) is 0 Å². The fourth-order valence-corrected chi connectivity index (χ4v) is 0. The lowest BCUT2D eigenvalue weighted by Crippen LogP contribution is -2.10. The Morgan fingerprint density at radius 2 is 1.31 bits per heavy atom. The van der Waals surface area contributed by atoms with Crippen molar-refractivity contribution in [3.05, 3.63) is 0 Å². The fraction of sp³-hybridized carbons (Fsp3) is 0.500. The molecule has 0 aliphatic heterocycles. The van der Waals surface area contributed by atoms with Gasteiger partial charge >= 0.3 is 5.97 Å². The monoisotopic (exact) mass is 215 g/mol. The third-order valence-corrected chi connectivity index (χ3v) is 0.175. The molecule has 0 bridgehead atoms. The van der Waals surface area contributed by atoms with Crippen molar-refractivity contribution in [1.82, 2.24) is 6.15 Å². The summed E-state index contributed by atoms with van der Waals surface area (Å²) in [5, 5.41) is 15.0. The minimum absolute atomic E-state index is 0. The van der Waals surface area contributed by atoms with Gasteiger partial charge in [0.2, 0.25) is 0 Å². The number of carbonyl (C=O) groups is 2. The first kappa shape index (κ1) is 39.5. The van der Waals surface area contributed by atoms with Crippen LogP contribution in [0.25, 0.3) is 0 Å². The van der Waals surface area contributed by atoms with E-state index in [1.165, 1.54) is 0 Å². The van der Waals surface area contributed by atoms with Gasteiger partial charge in [0, 0.05) is 24.3 Å². The van der Waals surface area contributed by atoms with Gasteiger partial charge in [-0.3, -0.25) is 9.59 Å². The van der Waals surface area contributed by atoms with Crippen LogP contribution in [0.3, 0.4) is 0 Å².